The Morgan fingerprint density at radius 1 is 0.900 bits per heavy atom. The summed E-state index contributed by atoms with van der Waals surface area (Å²) < 4.78 is 2.21. The molecule has 0 saturated carbocycles. The van der Waals surface area contributed by atoms with Crippen molar-refractivity contribution in [2.75, 3.05) is 0 Å². The highest BCUT2D eigenvalue weighted by Crippen LogP contribution is 2.39. The Hall–Kier alpha value is -0.160. The Morgan fingerprint density at radius 3 is 1.75 bits per heavy atom. The molecule has 1 aromatic heterocycles. The third-order valence-electron chi connectivity index (χ3n) is 4.39. The van der Waals surface area contributed by atoms with Gasteiger partial charge in [-0.15, -0.1) is 11.3 Å². The fraction of sp³-hybridized carbons (Fsp3) is 0.375. The number of hydrogen-bond acceptors (Lipinski definition) is 2. The Bertz CT molecular complexity index is 645. The van der Waals surface area contributed by atoms with Crippen molar-refractivity contribution in [3.05, 3.63) is 52.6 Å². The molecule has 4 heteroatoms. The fourth-order valence-electron chi connectivity index (χ4n) is 2.72. The molecule has 0 radical (unpaired) electrons. The topological polar surface area (TPSA) is 26.0 Å². The van der Waals surface area contributed by atoms with Gasteiger partial charge in [0.2, 0.25) is 0 Å². The molecule has 0 aliphatic rings. The van der Waals surface area contributed by atoms with Gasteiger partial charge in [0.1, 0.15) is 0 Å². The molecule has 2 rings (SSSR count). The highest BCUT2D eigenvalue weighted by atomic mass is 79.9. The van der Waals surface area contributed by atoms with Gasteiger partial charge in [-0.3, -0.25) is 0 Å². The number of hydrogen-bond donors (Lipinski definition) is 1. The number of rotatable bonds is 2. The molecule has 0 bridgehead atoms. The normalized spacial score (nSPS) is 12.8. The quantitative estimate of drug-likeness (QED) is 0.651. The highest BCUT2D eigenvalue weighted by molar-refractivity contribution is 9.12. The molecule has 1 unspecified atom stereocenters. The molecule has 1 atom stereocenters. The van der Waals surface area contributed by atoms with Crippen LogP contribution in [-0.2, 0) is 0 Å². The first-order chi connectivity index (χ1) is 9.25. The van der Waals surface area contributed by atoms with E-state index in [0.717, 1.165) is 13.1 Å². The molecule has 0 fully saturated rings. The molecule has 1 heterocycles. The van der Waals surface area contributed by atoms with E-state index in [0.29, 0.717) is 0 Å². The minimum Gasteiger partial charge on any atom is -0.320 e. The van der Waals surface area contributed by atoms with Gasteiger partial charge >= 0.3 is 0 Å². The van der Waals surface area contributed by atoms with Crippen LogP contribution in [0, 0.1) is 34.6 Å². The maximum Gasteiger partial charge on any atom is 0.0761 e. The van der Waals surface area contributed by atoms with Crippen LogP contribution in [0.1, 0.15) is 45.0 Å². The zero-order valence-electron chi connectivity index (χ0n) is 12.4. The summed E-state index contributed by atoms with van der Waals surface area (Å²) in [5.41, 5.74) is 15.7. The fourth-order valence-corrected chi connectivity index (χ4v) is 5.65. The van der Waals surface area contributed by atoms with E-state index in [1.165, 1.54) is 33.4 Å². The Morgan fingerprint density at radius 2 is 1.35 bits per heavy atom. The van der Waals surface area contributed by atoms with Crippen molar-refractivity contribution >= 4 is 43.2 Å². The Balaban J connectivity index is 2.67. The second-order valence-electron chi connectivity index (χ2n) is 5.30. The van der Waals surface area contributed by atoms with Crippen LogP contribution in [0.15, 0.2) is 13.6 Å². The molecule has 2 N–H and O–H groups in total. The molecule has 0 aliphatic heterocycles. The van der Waals surface area contributed by atoms with Gasteiger partial charge in [-0.1, -0.05) is 0 Å². The SMILES string of the molecule is Cc1c(C)c(C)c(C(N)c2cc(Br)sc2Br)c(C)c1C. The molecular weight excluding hydrogens is 398 g/mol. The maximum atomic E-state index is 6.58. The van der Waals surface area contributed by atoms with Gasteiger partial charge in [0, 0.05) is 0 Å². The summed E-state index contributed by atoms with van der Waals surface area (Å²) in [6, 6.07) is 2.02. The lowest BCUT2D eigenvalue weighted by molar-refractivity contribution is 0.843. The summed E-state index contributed by atoms with van der Waals surface area (Å²) in [7, 11) is 0. The van der Waals surface area contributed by atoms with Crippen molar-refractivity contribution in [3.63, 3.8) is 0 Å². The molecule has 2 aromatic rings. The minimum absolute atomic E-state index is 0.0927. The van der Waals surface area contributed by atoms with Crippen molar-refractivity contribution < 1.29 is 0 Å². The average molecular weight is 417 g/mol. The van der Waals surface area contributed by atoms with Gasteiger partial charge in [0.05, 0.1) is 13.6 Å². The standard InChI is InChI=1S/C16H19Br2NS/c1-7-8(2)10(4)14(11(5)9(7)3)15(19)12-6-13(17)20-16(12)18/h6,15H,19H2,1-5H3. The minimum atomic E-state index is -0.0927. The first kappa shape index (κ1) is 16.2. The third kappa shape index (κ3) is 2.63. The van der Waals surface area contributed by atoms with Crippen molar-refractivity contribution in [2.45, 2.75) is 40.7 Å². The first-order valence-electron chi connectivity index (χ1n) is 6.52. The van der Waals surface area contributed by atoms with E-state index < -0.39 is 0 Å². The average Bonchev–Trinajstić information content (AvgIpc) is 2.73. The van der Waals surface area contributed by atoms with Crippen LogP contribution >= 0.6 is 43.2 Å². The summed E-state index contributed by atoms with van der Waals surface area (Å²) in [5.74, 6) is 0. The van der Waals surface area contributed by atoms with Crippen LogP contribution < -0.4 is 5.73 Å². The monoisotopic (exact) mass is 415 g/mol. The van der Waals surface area contributed by atoms with Gasteiger partial charge in [0.25, 0.3) is 0 Å². The smallest absolute Gasteiger partial charge is 0.0761 e. The number of thiophene rings is 1. The first-order valence-corrected chi connectivity index (χ1v) is 8.93. The van der Waals surface area contributed by atoms with Crippen LogP contribution in [0.2, 0.25) is 0 Å². The largest absolute Gasteiger partial charge is 0.320 e. The molecule has 0 spiro atoms. The lowest BCUT2D eigenvalue weighted by Crippen LogP contribution is -2.16. The zero-order valence-corrected chi connectivity index (χ0v) is 16.4. The molecule has 1 aromatic carbocycles. The maximum absolute atomic E-state index is 6.58. The van der Waals surface area contributed by atoms with E-state index in [-0.39, 0.29) is 6.04 Å². The molecular formula is C16H19Br2NS. The van der Waals surface area contributed by atoms with Gasteiger partial charge in [0.15, 0.2) is 0 Å². The van der Waals surface area contributed by atoms with Crippen molar-refractivity contribution in [2.24, 2.45) is 5.73 Å². The van der Waals surface area contributed by atoms with E-state index in [1.54, 1.807) is 11.3 Å². The zero-order chi connectivity index (χ0) is 15.2. The van der Waals surface area contributed by atoms with Crippen molar-refractivity contribution in [1.82, 2.24) is 0 Å². The van der Waals surface area contributed by atoms with Crippen LogP contribution in [0.4, 0.5) is 0 Å². The summed E-state index contributed by atoms with van der Waals surface area (Å²) in [4.78, 5) is 0. The third-order valence-corrected chi connectivity index (χ3v) is 6.77. The predicted molar refractivity (Wildman–Crippen MR) is 95.9 cm³/mol. The van der Waals surface area contributed by atoms with Crippen LogP contribution in [-0.4, -0.2) is 0 Å². The summed E-state index contributed by atoms with van der Waals surface area (Å²) in [5, 5.41) is 0. The van der Waals surface area contributed by atoms with Crippen molar-refractivity contribution in [3.8, 4) is 0 Å². The van der Waals surface area contributed by atoms with E-state index in [2.05, 4.69) is 72.5 Å². The van der Waals surface area contributed by atoms with Crippen molar-refractivity contribution in [1.29, 1.82) is 0 Å². The molecule has 0 aliphatic carbocycles. The Kier molecular flexibility index (Phi) is 4.80. The molecule has 1 nitrogen and oxygen atoms in total. The van der Waals surface area contributed by atoms with Crippen LogP contribution in [0.25, 0.3) is 0 Å². The second kappa shape index (κ2) is 5.91. The summed E-state index contributed by atoms with van der Waals surface area (Å²) in [6.07, 6.45) is 0. The number of nitrogens with two attached hydrogens (primary N) is 1. The molecule has 0 amide bonds. The lowest BCUT2D eigenvalue weighted by Gasteiger charge is -2.23. The van der Waals surface area contributed by atoms with Gasteiger partial charge in [-0.05, 0) is 111 Å². The molecule has 108 valence electrons. The summed E-state index contributed by atoms with van der Waals surface area (Å²) in [6.45, 7) is 10.9. The van der Waals surface area contributed by atoms with Gasteiger partial charge in [-0.2, -0.15) is 0 Å². The van der Waals surface area contributed by atoms with E-state index in [4.69, 9.17) is 5.73 Å². The predicted octanol–water partition coefficient (Wildman–Crippen LogP) is 5.86. The number of benzene rings is 1. The van der Waals surface area contributed by atoms with Gasteiger partial charge in [-0.25, -0.2) is 0 Å². The number of halogens is 2. The molecule has 20 heavy (non-hydrogen) atoms. The second-order valence-corrected chi connectivity index (χ2v) is 9.05. The molecule has 0 saturated heterocycles. The van der Waals surface area contributed by atoms with E-state index in [9.17, 15) is 0 Å². The summed E-state index contributed by atoms with van der Waals surface area (Å²) >= 11 is 8.83. The van der Waals surface area contributed by atoms with Crippen LogP contribution in [0.5, 0.6) is 0 Å². The Labute approximate surface area is 141 Å². The van der Waals surface area contributed by atoms with E-state index >= 15 is 0 Å². The lowest BCUT2D eigenvalue weighted by atomic mass is 9.85. The van der Waals surface area contributed by atoms with Gasteiger partial charge < -0.3 is 5.73 Å². The van der Waals surface area contributed by atoms with Crippen LogP contribution in [0.3, 0.4) is 0 Å². The van der Waals surface area contributed by atoms with E-state index in [1.807, 2.05) is 0 Å². The highest BCUT2D eigenvalue weighted by Gasteiger charge is 2.21.